The quantitative estimate of drug-likeness (QED) is 0.454. The molecule has 10 heavy (non-hydrogen) atoms. The molecule has 1 aliphatic rings. The van der Waals surface area contributed by atoms with Gasteiger partial charge in [0.25, 0.3) is 0 Å². The molecule has 0 aromatic heterocycles. The van der Waals surface area contributed by atoms with E-state index in [0.717, 1.165) is 11.3 Å². The lowest BCUT2D eigenvalue weighted by atomic mass is 10.0. The summed E-state index contributed by atoms with van der Waals surface area (Å²) < 4.78 is 0. The number of hydrogen-bond acceptors (Lipinski definition) is 2. The maximum absolute atomic E-state index is 7.42. The lowest BCUT2D eigenvalue weighted by Crippen LogP contribution is -2.49. The Hall–Kier alpha value is -1.25. The van der Waals surface area contributed by atoms with Crippen LogP contribution in [0.4, 0.5) is 0 Å². The molecular formula is C7H10N3+. The topological polar surface area (TPSA) is 61.8 Å². The summed E-state index contributed by atoms with van der Waals surface area (Å²) >= 11 is 0. The van der Waals surface area contributed by atoms with Crippen molar-refractivity contribution in [2.24, 2.45) is 4.99 Å². The Kier molecular flexibility index (Phi) is 1.49. The van der Waals surface area contributed by atoms with Crippen LogP contribution in [0.15, 0.2) is 16.8 Å². The van der Waals surface area contributed by atoms with Gasteiger partial charge in [0.1, 0.15) is 11.4 Å². The van der Waals surface area contributed by atoms with Crippen LogP contribution in [0.3, 0.4) is 0 Å². The lowest BCUT2D eigenvalue weighted by Gasteiger charge is -2.04. The van der Waals surface area contributed by atoms with Gasteiger partial charge in [0.2, 0.25) is 5.71 Å². The standard InChI is InChI=1S/C7H9N3/c1-4-3-10-5(2)7(9)6(4)8/h3,8-9H,1-2H3/p+1. The van der Waals surface area contributed by atoms with Crippen molar-refractivity contribution in [2.45, 2.75) is 13.8 Å². The molecule has 3 N–H and O–H groups in total. The second kappa shape index (κ2) is 2.17. The van der Waals surface area contributed by atoms with Crippen LogP contribution in [0.5, 0.6) is 0 Å². The summed E-state index contributed by atoms with van der Waals surface area (Å²) in [6.07, 6.45) is 1.66. The highest BCUT2D eigenvalue weighted by atomic mass is 14.8. The SMILES string of the molecule is CC1=CN=C(C)C(=[NH2+])C1=N. The van der Waals surface area contributed by atoms with Crippen molar-refractivity contribution < 1.29 is 5.41 Å². The predicted octanol–water partition coefficient (Wildman–Crippen LogP) is -0.415. The van der Waals surface area contributed by atoms with Crippen molar-refractivity contribution in [3.63, 3.8) is 0 Å². The van der Waals surface area contributed by atoms with Crippen LogP contribution in [0.1, 0.15) is 13.8 Å². The molecule has 0 aromatic rings. The first-order valence-electron chi connectivity index (χ1n) is 3.06. The van der Waals surface area contributed by atoms with E-state index in [1.807, 2.05) is 6.92 Å². The molecule has 0 unspecified atom stereocenters. The average Bonchev–Trinajstić information content (AvgIpc) is 1.93. The Balaban J connectivity index is 3.09. The molecule has 0 bridgehead atoms. The third-order valence-electron chi connectivity index (χ3n) is 1.51. The minimum absolute atomic E-state index is 0.396. The van der Waals surface area contributed by atoms with E-state index < -0.39 is 0 Å². The number of nitrogens with one attached hydrogen (secondary N) is 1. The second-order valence-corrected chi connectivity index (χ2v) is 2.32. The number of nitrogens with zero attached hydrogens (tertiary/aromatic N) is 1. The van der Waals surface area contributed by atoms with Crippen molar-refractivity contribution >= 4 is 17.1 Å². The zero-order valence-corrected chi connectivity index (χ0v) is 6.10. The van der Waals surface area contributed by atoms with Crippen molar-refractivity contribution in [3.05, 3.63) is 11.8 Å². The van der Waals surface area contributed by atoms with Gasteiger partial charge in [-0.3, -0.25) is 15.8 Å². The summed E-state index contributed by atoms with van der Waals surface area (Å²) in [5.74, 6) is 0. The Morgan fingerprint density at radius 3 is 2.60 bits per heavy atom. The van der Waals surface area contributed by atoms with Gasteiger partial charge in [-0.25, -0.2) is 0 Å². The first kappa shape index (κ1) is 6.86. The maximum atomic E-state index is 7.42. The van der Waals surface area contributed by atoms with Crippen molar-refractivity contribution in [1.82, 2.24) is 0 Å². The molecule has 52 valence electrons. The summed E-state index contributed by atoms with van der Waals surface area (Å²) in [6.45, 7) is 3.62. The smallest absolute Gasteiger partial charge is 0.243 e. The van der Waals surface area contributed by atoms with E-state index in [2.05, 4.69) is 4.99 Å². The number of aliphatic imine (C=N–C) groups is 1. The van der Waals surface area contributed by atoms with Crippen molar-refractivity contribution in [1.29, 1.82) is 5.41 Å². The predicted molar refractivity (Wildman–Crippen MR) is 41.5 cm³/mol. The van der Waals surface area contributed by atoms with Gasteiger partial charge in [-0.2, -0.15) is 0 Å². The fourth-order valence-electron chi connectivity index (χ4n) is 0.721. The van der Waals surface area contributed by atoms with E-state index in [0.29, 0.717) is 11.4 Å². The van der Waals surface area contributed by atoms with E-state index in [1.54, 1.807) is 13.1 Å². The van der Waals surface area contributed by atoms with E-state index >= 15 is 0 Å². The Bertz CT molecular complexity index is 222. The third-order valence-corrected chi connectivity index (χ3v) is 1.51. The maximum Gasteiger partial charge on any atom is 0.243 e. The molecule has 0 atom stereocenters. The number of rotatable bonds is 0. The van der Waals surface area contributed by atoms with Crippen LogP contribution in [0.25, 0.3) is 0 Å². The van der Waals surface area contributed by atoms with Crippen LogP contribution >= 0.6 is 0 Å². The van der Waals surface area contributed by atoms with Crippen LogP contribution < -0.4 is 5.41 Å². The summed E-state index contributed by atoms with van der Waals surface area (Å²) in [5, 5.41) is 13.0. The normalized spacial score (nSPS) is 18.6. The molecule has 0 aliphatic carbocycles. The highest BCUT2D eigenvalue weighted by Gasteiger charge is 2.18. The molecule has 0 radical (unpaired) electrons. The van der Waals surface area contributed by atoms with Gasteiger partial charge in [0, 0.05) is 6.20 Å². The summed E-state index contributed by atoms with van der Waals surface area (Å²) in [5.41, 5.74) is 2.44. The molecular weight excluding hydrogens is 126 g/mol. The van der Waals surface area contributed by atoms with Gasteiger partial charge in [-0.05, 0) is 19.4 Å². The van der Waals surface area contributed by atoms with Gasteiger partial charge in [0.15, 0.2) is 0 Å². The van der Waals surface area contributed by atoms with Crippen LogP contribution in [0, 0.1) is 5.41 Å². The Labute approximate surface area is 59.5 Å². The minimum atomic E-state index is 0.396. The molecule has 1 heterocycles. The van der Waals surface area contributed by atoms with E-state index in [-0.39, 0.29) is 0 Å². The molecule has 0 spiro atoms. The summed E-state index contributed by atoms with van der Waals surface area (Å²) in [7, 11) is 0. The molecule has 3 nitrogen and oxygen atoms in total. The number of allylic oxidation sites excluding steroid dienone is 1. The molecule has 1 rings (SSSR count). The number of nitrogens with two attached hydrogens (primary N) is 1. The molecule has 0 amide bonds. The highest BCUT2D eigenvalue weighted by Crippen LogP contribution is 2.02. The first-order chi connectivity index (χ1) is 4.63. The molecule has 1 aliphatic heterocycles. The van der Waals surface area contributed by atoms with Gasteiger partial charge in [-0.15, -0.1) is 0 Å². The van der Waals surface area contributed by atoms with Crippen molar-refractivity contribution in [2.75, 3.05) is 0 Å². The Morgan fingerprint density at radius 1 is 1.50 bits per heavy atom. The number of hydrogen-bond donors (Lipinski definition) is 2. The molecule has 0 saturated heterocycles. The zero-order chi connectivity index (χ0) is 7.72. The second-order valence-electron chi connectivity index (χ2n) is 2.32. The lowest BCUT2D eigenvalue weighted by molar-refractivity contribution is -0.107. The highest BCUT2D eigenvalue weighted by molar-refractivity contribution is 6.69. The zero-order valence-electron chi connectivity index (χ0n) is 6.10. The minimum Gasteiger partial charge on any atom is -0.294 e. The average molecular weight is 136 g/mol. The molecule has 0 fully saturated rings. The van der Waals surface area contributed by atoms with Gasteiger partial charge >= 0.3 is 0 Å². The fourth-order valence-corrected chi connectivity index (χ4v) is 0.721. The van der Waals surface area contributed by atoms with Crippen LogP contribution in [0.2, 0.25) is 0 Å². The fraction of sp³-hybridized carbons (Fsp3) is 0.286. The van der Waals surface area contributed by atoms with E-state index in [9.17, 15) is 0 Å². The van der Waals surface area contributed by atoms with Crippen molar-refractivity contribution in [3.8, 4) is 0 Å². The monoisotopic (exact) mass is 136 g/mol. The van der Waals surface area contributed by atoms with Gasteiger partial charge < -0.3 is 0 Å². The largest absolute Gasteiger partial charge is 0.294 e. The van der Waals surface area contributed by atoms with E-state index in [1.165, 1.54) is 0 Å². The molecule has 0 saturated carbocycles. The van der Waals surface area contributed by atoms with Gasteiger partial charge in [-0.1, -0.05) is 0 Å². The van der Waals surface area contributed by atoms with E-state index in [4.69, 9.17) is 10.8 Å². The summed E-state index contributed by atoms with van der Waals surface area (Å²) in [4.78, 5) is 3.99. The molecule has 0 aromatic carbocycles. The third kappa shape index (κ3) is 0.900. The van der Waals surface area contributed by atoms with Crippen LogP contribution in [-0.2, 0) is 0 Å². The first-order valence-corrected chi connectivity index (χ1v) is 3.06. The van der Waals surface area contributed by atoms with Crippen LogP contribution in [-0.4, -0.2) is 17.1 Å². The Morgan fingerprint density at radius 2 is 2.10 bits per heavy atom. The van der Waals surface area contributed by atoms with Gasteiger partial charge in [0.05, 0.1) is 0 Å². The molecule has 3 heteroatoms. The summed E-state index contributed by atoms with van der Waals surface area (Å²) in [6, 6.07) is 0.